The van der Waals surface area contributed by atoms with Gasteiger partial charge in [-0.1, -0.05) is 32.6 Å². The molecule has 1 heterocycles. The van der Waals surface area contributed by atoms with Gasteiger partial charge in [-0.2, -0.15) is 0 Å². The zero-order valence-corrected chi connectivity index (χ0v) is 12.2. The summed E-state index contributed by atoms with van der Waals surface area (Å²) in [6.07, 6.45) is 9.09. The number of ether oxygens (including phenoxy) is 1. The molecule has 0 atom stereocenters. The van der Waals surface area contributed by atoms with E-state index in [-0.39, 0.29) is 0 Å². The molecule has 0 unspecified atom stereocenters. The fraction of sp³-hybridized carbons (Fsp3) is 0.786. The van der Waals surface area contributed by atoms with Crippen LogP contribution in [0.4, 0.5) is 4.79 Å². The molecule has 1 saturated carbocycles. The molecule has 0 aromatic carbocycles. The van der Waals surface area contributed by atoms with E-state index < -0.39 is 6.09 Å². The smallest absolute Gasteiger partial charge is 0.426 e. The summed E-state index contributed by atoms with van der Waals surface area (Å²) >= 11 is 0. The van der Waals surface area contributed by atoms with Crippen molar-refractivity contribution in [1.29, 1.82) is 0 Å². The highest BCUT2D eigenvalue weighted by molar-refractivity contribution is 5.92. The summed E-state index contributed by atoms with van der Waals surface area (Å²) in [5, 5.41) is 1.73. The van der Waals surface area contributed by atoms with E-state index in [0.29, 0.717) is 19.2 Å². The van der Waals surface area contributed by atoms with Gasteiger partial charge in [0, 0.05) is 5.92 Å². The fourth-order valence-electron chi connectivity index (χ4n) is 2.59. The highest BCUT2D eigenvalue weighted by Gasteiger charge is 2.26. The van der Waals surface area contributed by atoms with Gasteiger partial charge in [0.25, 0.3) is 0 Å². The third-order valence-corrected chi connectivity index (χ3v) is 3.70. The number of amidine groups is 1. The van der Waals surface area contributed by atoms with Gasteiger partial charge in [0.15, 0.2) is 0 Å². The second kappa shape index (κ2) is 7.87. The maximum atomic E-state index is 11.7. The number of carbonyl (C=O) groups excluding carboxylic acids is 1. The van der Waals surface area contributed by atoms with Gasteiger partial charge in [0.05, 0.1) is 6.61 Å². The first-order chi connectivity index (χ1) is 9.81. The highest BCUT2D eigenvalue weighted by Crippen LogP contribution is 2.26. The Kier molecular flexibility index (Phi) is 5.83. The van der Waals surface area contributed by atoms with Crippen molar-refractivity contribution in [2.45, 2.75) is 51.9 Å². The molecule has 6 nitrogen and oxygen atoms in total. The van der Waals surface area contributed by atoms with Crippen molar-refractivity contribution in [2.75, 3.05) is 13.3 Å². The first kappa shape index (κ1) is 14.8. The number of hydrogen-bond donors (Lipinski definition) is 1. The standard InChI is InChI=1S/C14H24N4O2/c1-2-3-9-20-14(19)17-18-11-15-10-16-13(18)12-7-5-4-6-8-12/h10,12H,2-9,11H2,1H3,(H,17,19). The molecule has 0 spiro atoms. The molecule has 0 aromatic heterocycles. The van der Waals surface area contributed by atoms with Crippen molar-refractivity contribution < 1.29 is 9.53 Å². The monoisotopic (exact) mass is 280 g/mol. The van der Waals surface area contributed by atoms with Gasteiger partial charge in [-0.05, 0) is 19.3 Å². The molecule has 0 bridgehead atoms. The molecule has 2 aliphatic rings. The summed E-state index contributed by atoms with van der Waals surface area (Å²) in [6.45, 7) is 2.93. The lowest BCUT2D eigenvalue weighted by molar-refractivity contribution is 0.123. The summed E-state index contributed by atoms with van der Waals surface area (Å²) in [5.41, 5.74) is 2.75. The molecule has 112 valence electrons. The topological polar surface area (TPSA) is 66.3 Å². The molecular weight excluding hydrogens is 256 g/mol. The number of rotatable bonds is 5. The number of amides is 1. The number of hydrogen-bond acceptors (Lipinski definition) is 5. The maximum Gasteiger partial charge on any atom is 0.426 e. The van der Waals surface area contributed by atoms with Crippen LogP contribution < -0.4 is 5.43 Å². The Hall–Kier alpha value is -1.59. The Morgan fingerprint density at radius 3 is 3.00 bits per heavy atom. The molecule has 1 aliphatic heterocycles. The van der Waals surface area contributed by atoms with Crippen LogP contribution >= 0.6 is 0 Å². The Labute approximate surface area is 120 Å². The van der Waals surface area contributed by atoms with E-state index in [1.165, 1.54) is 19.3 Å². The fourth-order valence-corrected chi connectivity index (χ4v) is 2.59. The predicted octanol–water partition coefficient (Wildman–Crippen LogP) is 2.71. The third kappa shape index (κ3) is 4.21. The number of carbonyl (C=O) groups is 1. The molecule has 1 aliphatic carbocycles. The summed E-state index contributed by atoms with van der Waals surface area (Å²) in [6, 6.07) is 0. The van der Waals surface area contributed by atoms with Gasteiger partial charge in [0.2, 0.25) is 0 Å². The Morgan fingerprint density at radius 1 is 1.45 bits per heavy atom. The highest BCUT2D eigenvalue weighted by atomic mass is 16.6. The minimum Gasteiger partial charge on any atom is -0.448 e. The van der Waals surface area contributed by atoms with Crippen LogP contribution in [0, 0.1) is 5.92 Å². The lowest BCUT2D eigenvalue weighted by Crippen LogP contribution is -2.50. The molecule has 0 saturated heterocycles. The largest absolute Gasteiger partial charge is 0.448 e. The number of aliphatic imine (C=N–C) groups is 2. The SMILES string of the molecule is CCCCOC(=O)NN1CN=CN=C1C1CCCCC1. The van der Waals surface area contributed by atoms with Gasteiger partial charge >= 0.3 is 6.09 Å². The Bertz CT molecular complexity index is 375. The summed E-state index contributed by atoms with van der Waals surface area (Å²) in [4.78, 5) is 20.2. The molecule has 20 heavy (non-hydrogen) atoms. The van der Waals surface area contributed by atoms with Crippen LogP contribution in [0.2, 0.25) is 0 Å². The predicted molar refractivity (Wildman–Crippen MR) is 78.6 cm³/mol. The van der Waals surface area contributed by atoms with E-state index >= 15 is 0 Å². The van der Waals surface area contributed by atoms with Crippen molar-refractivity contribution in [2.24, 2.45) is 15.9 Å². The van der Waals surface area contributed by atoms with Crippen LogP contribution in [0.15, 0.2) is 9.98 Å². The van der Waals surface area contributed by atoms with Gasteiger partial charge in [-0.15, -0.1) is 0 Å². The van der Waals surface area contributed by atoms with Crippen LogP contribution in [0.5, 0.6) is 0 Å². The summed E-state index contributed by atoms with van der Waals surface area (Å²) in [7, 11) is 0. The van der Waals surface area contributed by atoms with Gasteiger partial charge in [0.1, 0.15) is 18.8 Å². The molecule has 1 amide bonds. The van der Waals surface area contributed by atoms with Gasteiger partial charge in [-0.3, -0.25) is 4.99 Å². The second-order valence-electron chi connectivity index (χ2n) is 5.29. The van der Waals surface area contributed by atoms with Crippen molar-refractivity contribution in [3.8, 4) is 0 Å². The first-order valence-electron chi connectivity index (χ1n) is 7.58. The van der Waals surface area contributed by atoms with Crippen LogP contribution in [-0.4, -0.2) is 36.6 Å². The van der Waals surface area contributed by atoms with Crippen molar-refractivity contribution >= 4 is 18.3 Å². The van der Waals surface area contributed by atoms with E-state index in [1.54, 1.807) is 11.3 Å². The van der Waals surface area contributed by atoms with Crippen LogP contribution in [-0.2, 0) is 4.74 Å². The molecular formula is C14H24N4O2. The normalized spacial score (nSPS) is 19.6. The van der Waals surface area contributed by atoms with Crippen molar-refractivity contribution in [1.82, 2.24) is 10.4 Å². The Morgan fingerprint density at radius 2 is 2.25 bits per heavy atom. The summed E-state index contributed by atoms with van der Waals surface area (Å²) in [5.74, 6) is 1.35. The van der Waals surface area contributed by atoms with Crippen molar-refractivity contribution in [3.05, 3.63) is 0 Å². The Balaban J connectivity index is 1.87. The number of hydrazine groups is 1. The van der Waals surface area contributed by atoms with Crippen LogP contribution in [0.1, 0.15) is 51.9 Å². The summed E-state index contributed by atoms with van der Waals surface area (Å²) < 4.78 is 5.12. The second-order valence-corrected chi connectivity index (χ2v) is 5.29. The van der Waals surface area contributed by atoms with E-state index in [9.17, 15) is 4.79 Å². The molecule has 0 radical (unpaired) electrons. The van der Waals surface area contributed by atoms with Gasteiger partial charge in [-0.25, -0.2) is 20.2 Å². The minimum absolute atomic E-state index is 0.415. The third-order valence-electron chi connectivity index (χ3n) is 3.70. The average Bonchev–Trinajstić information content (AvgIpc) is 2.49. The van der Waals surface area contributed by atoms with Crippen LogP contribution in [0.25, 0.3) is 0 Å². The lowest BCUT2D eigenvalue weighted by Gasteiger charge is -2.32. The van der Waals surface area contributed by atoms with E-state index in [4.69, 9.17) is 4.74 Å². The zero-order valence-electron chi connectivity index (χ0n) is 12.2. The molecule has 0 aromatic rings. The molecule has 6 heteroatoms. The molecule has 1 fully saturated rings. The number of unbranched alkanes of at least 4 members (excludes halogenated alkanes) is 1. The number of nitrogens with one attached hydrogen (secondary N) is 1. The van der Waals surface area contributed by atoms with Crippen molar-refractivity contribution in [3.63, 3.8) is 0 Å². The zero-order chi connectivity index (χ0) is 14.2. The lowest BCUT2D eigenvalue weighted by atomic mass is 9.88. The molecule has 1 N–H and O–H groups in total. The molecule has 2 rings (SSSR count). The van der Waals surface area contributed by atoms with Gasteiger partial charge < -0.3 is 4.74 Å². The van der Waals surface area contributed by atoms with E-state index in [2.05, 4.69) is 22.3 Å². The first-order valence-corrected chi connectivity index (χ1v) is 7.58. The van der Waals surface area contributed by atoms with E-state index in [0.717, 1.165) is 31.5 Å². The average molecular weight is 280 g/mol. The van der Waals surface area contributed by atoms with Crippen LogP contribution in [0.3, 0.4) is 0 Å². The minimum atomic E-state index is -0.418. The number of nitrogens with zero attached hydrogens (tertiary/aromatic N) is 3. The maximum absolute atomic E-state index is 11.7. The quantitative estimate of drug-likeness (QED) is 0.787. The van der Waals surface area contributed by atoms with E-state index in [1.807, 2.05) is 0 Å².